The molecule has 4 heteroatoms. The molecule has 1 fully saturated rings. The summed E-state index contributed by atoms with van der Waals surface area (Å²) in [5.41, 5.74) is 0. The molecule has 1 rings (SSSR count). The van der Waals surface area contributed by atoms with Crippen molar-refractivity contribution in [1.82, 2.24) is 15.5 Å². The van der Waals surface area contributed by atoms with Crippen LogP contribution in [-0.4, -0.2) is 50.1 Å². The Morgan fingerprint density at radius 1 is 1.50 bits per heavy atom. The van der Waals surface area contributed by atoms with Crippen molar-refractivity contribution < 1.29 is 4.79 Å². The van der Waals surface area contributed by atoms with Crippen LogP contribution in [0.4, 0.5) is 0 Å². The quantitative estimate of drug-likeness (QED) is 0.716. The summed E-state index contributed by atoms with van der Waals surface area (Å²) in [5, 5.41) is 6.10. The third-order valence-corrected chi connectivity index (χ3v) is 3.53. The number of carbonyl (C=O) groups excluding carboxylic acids is 1. The van der Waals surface area contributed by atoms with Gasteiger partial charge in [0.15, 0.2) is 0 Å². The maximum absolute atomic E-state index is 11.6. The Morgan fingerprint density at radius 2 is 2.12 bits per heavy atom. The van der Waals surface area contributed by atoms with Crippen molar-refractivity contribution in [1.29, 1.82) is 0 Å². The lowest BCUT2D eigenvalue weighted by Gasteiger charge is -2.32. The minimum atomic E-state index is -0.00937. The first-order chi connectivity index (χ1) is 7.69. The lowest BCUT2D eigenvalue weighted by atomic mass is 9.97. The lowest BCUT2D eigenvalue weighted by molar-refractivity contribution is -0.125. The largest absolute Gasteiger partial charge is 0.358 e. The van der Waals surface area contributed by atoms with Crippen molar-refractivity contribution in [2.75, 3.05) is 33.2 Å². The van der Waals surface area contributed by atoms with Crippen LogP contribution in [0.25, 0.3) is 0 Å². The van der Waals surface area contributed by atoms with Crippen LogP contribution in [0.3, 0.4) is 0 Å². The van der Waals surface area contributed by atoms with Crippen LogP contribution < -0.4 is 10.6 Å². The highest BCUT2D eigenvalue weighted by Crippen LogP contribution is 2.14. The molecule has 1 aliphatic heterocycles. The van der Waals surface area contributed by atoms with E-state index in [-0.39, 0.29) is 11.9 Å². The Hall–Kier alpha value is -0.610. The fourth-order valence-corrected chi connectivity index (χ4v) is 2.33. The Kier molecular flexibility index (Phi) is 5.77. The summed E-state index contributed by atoms with van der Waals surface area (Å²) in [6, 6.07) is -0.00937. The molecule has 94 valence electrons. The molecule has 1 saturated heterocycles. The van der Waals surface area contributed by atoms with Gasteiger partial charge >= 0.3 is 0 Å². The summed E-state index contributed by atoms with van der Waals surface area (Å²) >= 11 is 0. The van der Waals surface area contributed by atoms with Crippen LogP contribution in [0.2, 0.25) is 0 Å². The highest BCUT2D eigenvalue weighted by molar-refractivity contribution is 5.80. The molecular weight excluding hydrogens is 202 g/mol. The average Bonchev–Trinajstić information content (AvgIpc) is 2.35. The first kappa shape index (κ1) is 13.5. The van der Waals surface area contributed by atoms with Crippen LogP contribution in [0.1, 0.15) is 26.7 Å². The Balaban J connectivity index is 2.43. The van der Waals surface area contributed by atoms with Gasteiger partial charge in [0.05, 0.1) is 6.04 Å². The molecule has 1 aliphatic rings. The zero-order valence-corrected chi connectivity index (χ0v) is 10.8. The zero-order valence-electron chi connectivity index (χ0n) is 10.8. The van der Waals surface area contributed by atoms with Crippen molar-refractivity contribution >= 4 is 5.91 Å². The number of likely N-dealkylation sites (N-methyl/N-ethyl adjacent to an activating group) is 2. The van der Waals surface area contributed by atoms with Gasteiger partial charge in [-0.15, -0.1) is 0 Å². The Labute approximate surface area is 98.8 Å². The van der Waals surface area contributed by atoms with E-state index in [4.69, 9.17) is 0 Å². The van der Waals surface area contributed by atoms with Crippen molar-refractivity contribution in [3.05, 3.63) is 0 Å². The molecule has 0 spiro atoms. The summed E-state index contributed by atoms with van der Waals surface area (Å²) in [7, 11) is 1.71. The summed E-state index contributed by atoms with van der Waals surface area (Å²) in [5.74, 6) is 0.865. The second-order valence-corrected chi connectivity index (χ2v) is 4.57. The molecular formula is C12H25N3O. The van der Waals surface area contributed by atoms with Crippen molar-refractivity contribution in [3.63, 3.8) is 0 Å². The predicted octanol–water partition coefficient (Wildman–Crippen LogP) is 0.442. The van der Waals surface area contributed by atoms with Gasteiger partial charge in [0.25, 0.3) is 0 Å². The van der Waals surface area contributed by atoms with Gasteiger partial charge in [-0.05, 0) is 45.3 Å². The molecule has 16 heavy (non-hydrogen) atoms. The third kappa shape index (κ3) is 3.76. The summed E-state index contributed by atoms with van der Waals surface area (Å²) < 4.78 is 0. The van der Waals surface area contributed by atoms with Gasteiger partial charge in [0.2, 0.25) is 5.91 Å². The molecule has 0 aromatic rings. The summed E-state index contributed by atoms with van der Waals surface area (Å²) in [6.45, 7) is 8.35. The van der Waals surface area contributed by atoms with E-state index in [9.17, 15) is 4.79 Å². The molecule has 0 radical (unpaired) electrons. The van der Waals surface area contributed by atoms with Crippen molar-refractivity contribution in [3.8, 4) is 0 Å². The second kappa shape index (κ2) is 6.86. The van der Waals surface area contributed by atoms with E-state index in [2.05, 4.69) is 22.5 Å². The van der Waals surface area contributed by atoms with E-state index in [1.54, 1.807) is 7.05 Å². The third-order valence-electron chi connectivity index (χ3n) is 3.53. The van der Waals surface area contributed by atoms with E-state index < -0.39 is 0 Å². The maximum atomic E-state index is 11.6. The number of hydrogen-bond donors (Lipinski definition) is 2. The van der Waals surface area contributed by atoms with Crippen LogP contribution in [0.5, 0.6) is 0 Å². The van der Waals surface area contributed by atoms with Crippen LogP contribution in [0.15, 0.2) is 0 Å². The fourth-order valence-electron chi connectivity index (χ4n) is 2.33. The normalized spacial score (nSPS) is 19.8. The zero-order chi connectivity index (χ0) is 12.0. The minimum Gasteiger partial charge on any atom is -0.358 e. The number of hydrogen-bond acceptors (Lipinski definition) is 3. The molecule has 2 N–H and O–H groups in total. The number of amides is 1. The van der Waals surface area contributed by atoms with E-state index in [0.717, 1.165) is 32.1 Å². The van der Waals surface area contributed by atoms with Gasteiger partial charge in [-0.3, -0.25) is 9.69 Å². The Morgan fingerprint density at radius 3 is 2.62 bits per heavy atom. The average molecular weight is 227 g/mol. The van der Waals surface area contributed by atoms with E-state index in [1.165, 1.54) is 12.8 Å². The summed E-state index contributed by atoms with van der Waals surface area (Å²) in [6.07, 6.45) is 2.47. The molecule has 1 heterocycles. The van der Waals surface area contributed by atoms with E-state index in [1.807, 2.05) is 6.92 Å². The first-order valence-corrected chi connectivity index (χ1v) is 6.35. The molecule has 0 bridgehead atoms. The van der Waals surface area contributed by atoms with Crippen LogP contribution in [-0.2, 0) is 4.79 Å². The van der Waals surface area contributed by atoms with Gasteiger partial charge in [-0.2, -0.15) is 0 Å². The second-order valence-electron chi connectivity index (χ2n) is 4.57. The molecule has 1 amide bonds. The van der Waals surface area contributed by atoms with Crippen LogP contribution >= 0.6 is 0 Å². The molecule has 0 aliphatic carbocycles. The van der Waals surface area contributed by atoms with Gasteiger partial charge in [0, 0.05) is 13.6 Å². The molecule has 0 aromatic heterocycles. The topological polar surface area (TPSA) is 44.4 Å². The standard InChI is InChI=1S/C12H25N3O/c1-4-15(10(2)12(16)13-3)9-11-5-7-14-8-6-11/h10-11,14H,4-9H2,1-3H3,(H,13,16). The van der Waals surface area contributed by atoms with Crippen molar-refractivity contribution in [2.45, 2.75) is 32.7 Å². The molecule has 1 unspecified atom stereocenters. The van der Waals surface area contributed by atoms with E-state index in [0.29, 0.717) is 0 Å². The SMILES string of the molecule is CCN(CC1CCNCC1)C(C)C(=O)NC. The number of rotatable bonds is 5. The molecule has 0 saturated carbocycles. The monoisotopic (exact) mass is 227 g/mol. The highest BCUT2D eigenvalue weighted by Gasteiger charge is 2.22. The van der Waals surface area contributed by atoms with Gasteiger partial charge in [-0.25, -0.2) is 0 Å². The van der Waals surface area contributed by atoms with Crippen molar-refractivity contribution in [2.24, 2.45) is 5.92 Å². The maximum Gasteiger partial charge on any atom is 0.236 e. The molecule has 1 atom stereocenters. The number of piperidine rings is 1. The number of carbonyl (C=O) groups is 1. The lowest BCUT2D eigenvalue weighted by Crippen LogP contribution is -2.47. The number of nitrogens with zero attached hydrogens (tertiary/aromatic N) is 1. The minimum absolute atomic E-state index is 0.00937. The fraction of sp³-hybridized carbons (Fsp3) is 0.917. The predicted molar refractivity (Wildman–Crippen MR) is 66.4 cm³/mol. The summed E-state index contributed by atoms with van der Waals surface area (Å²) in [4.78, 5) is 13.9. The van der Waals surface area contributed by atoms with Gasteiger partial charge < -0.3 is 10.6 Å². The first-order valence-electron chi connectivity index (χ1n) is 6.35. The number of nitrogens with one attached hydrogen (secondary N) is 2. The molecule has 0 aromatic carbocycles. The molecule has 4 nitrogen and oxygen atoms in total. The Bertz CT molecular complexity index is 214. The van der Waals surface area contributed by atoms with E-state index >= 15 is 0 Å². The highest BCUT2D eigenvalue weighted by atomic mass is 16.2. The van der Waals surface area contributed by atoms with Gasteiger partial charge in [-0.1, -0.05) is 6.92 Å². The van der Waals surface area contributed by atoms with Crippen LogP contribution in [0, 0.1) is 5.92 Å². The van der Waals surface area contributed by atoms with Gasteiger partial charge in [0.1, 0.15) is 0 Å². The smallest absolute Gasteiger partial charge is 0.236 e.